The van der Waals surface area contributed by atoms with Crippen LogP contribution in [0.5, 0.6) is 11.5 Å². The fraction of sp³-hybridized carbons (Fsp3) is 0.588. The van der Waals surface area contributed by atoms with Crippen molar-refractivity contribution < 1.29 is 57.2 Å². The Morgan fingerprint density at radius 3 is 1.89 bits per heavy atom. The van der Waals surface area contributed by atoms with Gasteiger partial charge in [0.2, 0.25) is 0 Å². The molecule has 2 saturated carbocycles. The number of methoxy groups -OCH3 is 1. The molecule has 0 saturated heterocycles. The van der Waals surface area contributed by atoms with Gasteiger partial charge in [0.25, 0.3) is 0 Å². The molecule has 1 aromatic rings. The maximum atomic E-state index is 13.1. The predicted molar refractivity (Wildman–Crippen MR) is 163 cm³/mol. The molecule has 2 aliphatic rings. The molecule has 2 fully saturated rings. The molecule has 0 bridgehead atoms. The van der Waals surface area contributed by atoms with Gasteiger partial charge in [-0.25, -0.2) is 9.59 Å². The van der Waals surface area contributed by atoms with Gasteiger partial charge in [-0.1, -0.05) is 6.58 Å². The summed E-state index contributed by atoms with van der Waals surface area (Å²) in [5.41, 5.74) is -0.0581. The minimum Gasteiger partial charge on any atom is -0.465 e. The van der Waals surface area contributed by atoms with Gasteiger partial charge in [0.1, 0.15) is 23.3 Å². The smallest absolute Gasteiger partial charge is 0.342 e. The van der Waals surface area contributed by atoms with Crippen molar-refractivity contribution in [3.63, 3.8) is 0 Å². The van der Waals surface area contributed by atoms with Crippen LogP contribution >= 0.6 is 0 Å². The van der Waals surface area contributed by atoms with Crippen LogP contribution in [-0.4, -0.2) is 69.7 Å². The Kier molecular flexibility index (Phi) is 15.4. The Bertz CT molecular complexity index is 1210. The van der Waals surface area contributed by atoms with E-state index in [1.54, 1.807) is 0 Å². The Balaban J connectivity index is 1.54. The molecule has 1 aromatic carbocycles. The number of carbonyl (C=O) groups excluding carboxylic acids is 6. The Morgan fingerprint density at radius 1 is 0.717 bits per heavy atom. The molecule has 0 unspecified atom stereocenters. The van der Waals surface area contributed by atoms with Gasteiger partial charge < -0.3 is 33.2 Å². The third-order valence-electron chi connectivity index (χ3n) is 8.21. The van der Waals surface area contributed by atoms with Gasteiger partial charge in [0.15, 0.2) is 0 Å². The summed E-state index contributed by atoms with van der Waals surface area (Å²) in [6.45, 7) is 4.23. The van der Waals surface area contributed by atoms with Crippen LogP contribution in [0.3, 0.4) is 0 Å². The third kappa shape index (κ3) is 11.7. The second kappa shape index (κ2) is 19.5. The number of carbonyl (C=O) groups is 6. The van der Waals surface area contributed by atoms with Crippen LogP contribution in [0, 0.1) is 23.7 Å². The molecule has 252 valence electrons. The highest BCUT2D eigenvalue weighted by Gasteiger charge is 2.33. The summed E-state index contributed by atoms with van der Waals surface area (Å²) in [5, 5.41) is 0. The van der Waals surface area contributed by atoms with E-state index in [1.807, 2.05) is 0 Å². The SMILES string of the molecule is C=CC(=O)OCCCCOC(=O)C1CCC(C(=O)Oc2ccc(OC(=O)C3CCC(C=O)CC3)cc2C(=O)OCCCOC)CC1. The lowest BCUT2D eigenvalue weighted by atomic mass is 9.82. The lowest BCUT2D eigenvalue weighted by molar-refractivity contribution is -0.152. The first-order valence-corrected chi connectivity index (χ1v) is 15.9. The molecule has 0 radical (unpaired) electrons. The summed E-state index contributed by atoms with van der Waals surface area (Å²) >= 11 is 0. The van der Waals surface area contributed by atoms with Crippen LogP contribution in [0.2, 0.25) is 0 Å². The topological polar surface area (TPSA) is 158 Å². The van der Waals surface area contributed by atoms with Crippen LogP contribution in [0.25, 0.3) is 0 Å². The minimum absolute atomic E-state index is 0.0201. The van der Waals surface area contributed by atoms with Crippen molar-refractivity contribution in [3.8, 4) is 11.5 Å². The third-order valence-corrected chi connectivity index (χ3v) is 8.21. The number of aldehydes is 1. The average Bonchev–Trinajstić information content (AvgIpc) is 3.08. The van der Waals surface area contributed by atoms with Crippen molar-refractivity contribution in [1.82, 2.24) is 0 Å². The summed E-state index contributed by atoms with van der Waals surface area (Å²) in [5.74, 6) is -3.65. The number of benzene rings is 1. The number of hydrogen-bond acceptors (Lipinski definition) is 12. The van der Waals surface area contributed by atoms with Gasteiger partial charge in [-0.2, -0.15) is 0 Å². The monoisotopic (exact) mass is 644 g/mol. The number of unbranched alkanes of at least 4 members (excludes halogenated alkanes) is 1. The standard InChI is InChI=1S/C34H44O12/c1-3-30(36)42-18-4-5-19-43-31(37)24-11-13-26(14-12-24)33(39)46-29-16-15-27(21-28(29)34(40)44-20-6-17-41-2)45-32(38)25-9-7-23(22-35)8-10-25/h3,15-16,21-26H,1,4-14,17-20H2,2H3. The van der Waals surface area contributed by atoms with Crippen molar-refractivity contribution >= 4 is 36.1 Å². The lowest BCUT2D eigenvalue weighted by Crippen LogP contribution is -2.30. The van der Waals surface area contributed by atoms with Gasteiger partial charge in [-0.05, 0) is 82.4 Å². The van der Waals surface area contributed by atoms with E-state index in [2.05, 4.69) is 6.58 Å². The van der Waals surface area contributed by atoms with Gasteiger partial charge in [-0.15, -0.1) is 0 Å². The maximum absolute atomic E-state index is 13.1. The molecular formula is C34H44O12. The Morgan fingerprint density at radius 2 is 1.28 bits per heavy atom. The van der Waals surface area contributed by atoms with Gasteiger partial charge in [0, 0.05) is 32.1 Å². The van der Waals surface area contributed by atoms with Gasteiger partial charge >= 0.3 is 29.8 Å². The summed E-state index contributed by atoms with van der Waals surface area (Å²) in [6.07, 6.45) is 7.64. The molecule has 0 N–H and O–H groups in total. The molecule has 0 aromatic heterocycles. The second-order valence-electron chi connectivity index (χ2n) is 11.5. The first-order chi connectivity index (χ1) is 22.2. The molecule has 12 heteroatoms. The van der Waals surface area contributed by atoms with Crippen molar-refractivity contribution in [3.05, 3.63) is 36.4 Å². The molecule has 0 amide bonds. The highest BCUT2D eigenvalue weighted by Crippen LogP contribution is 2.33. The molecule has 0 atom stereocenters. The molecule has 46 heavy (non-hydrogen) atoms. The van der Waals surface area contributed by atoms with E-state index in [-0.39, 0.29) is 60.6 Å². The van der Waals surface area contributed by atoms with E-state index >= 15 is 0 Å². The van der Waals surface area contributed by atoms with Crippen LogP contribution in [0.15, 0.2) is 30.9 Å². The summed E-state index contributed by atoms with van der Waals surface area (Å²) in [4.78, 5) is 73.5. The quantitative estimate of drug-likeness (QED) is 0.0582. The number of ether oxygens (including phenoxy) is 6. The van der Waals surface area contributed by atoms with Crippen LogP contribution in [0.1, 0.15) is 81.0 Å². The zero-order valence-corrected chi connectivity index (χ0v) is 26.4. The van der Waals surface area contributed by atoms with Gasteiger partial charge in [-0.3, -0.25) is 14.4 Å². The van der Waals surface area contributed by atoms with E-state index in [0.29, 0.717) is 77.2 Å². The largest absolute Gasteiger partial charge is 0.465 e. The van der Waals surface area contributed by atoms with E-state index in [1.165, 1.54) is 25.3 Å². The average molecular weight is 645 g/mol. The van der Waals surface area contributed by atoms with Crippen molar-refractivity contribution in [2.24, 2.45) is 23.7 Å². The van der Waals surface area contributed by atoms with Crippen LogP contribution in [-0.2, 0) is 42.9 Å². The molecule has 3 rings (SSSR count). The summed E-state index contributed by atoms with van der Waals surface area (Å²) in [6, 6.07) is 4.18. The molecule has 2 aliphatic carbocycles. The van der Waals surface area contributed by atoms with Gasteiger partial charge in [0.05, 0.1) is 37.6 Å². The zero-order chi connectivity index (χ0) is 33.3. The molecule has 0 aliphatic heterocycles. The predicted octanol–water partition coefficient (Wildman–Crippen LogP) is 4.56. The first kappa shape index (κ1) is 36.4. The van der Waals surface area contributed by atoms with E-state index < -0.39 is 29.8 Å². The molecule has 0 heterocycles. The highest BCUT2D eigenvalue weighted by atomic mass is 16.6. The maximum Gasteiger partial charge on any atom is 0.342 e. The molecule has 0 spiro atoms. The van der Waals surface area contributed by atoms with Crippen molar-refractivity contribution in [2.75, 3.05) is 33.5 Å². The lowest BCUT2D eigenvalue weighted by Gasteiger charge is -2.26. The second-order valence-corrected chi connectivity index (χ2v) is 11.5. The zero-order valence-electron chi connectivity index (χ0n) is 26.4. The number of hydrogen-bond donors (Lipinski definition) is 0. The fourth-order valence-electron chi connectivity index (χ4n) is 5.44. The number of esters is 5. The van der Waals surface area contributed by atoms with Crippen LogP contribution < -0.4 is 9.47 Å². The summed E-state index contributed by atoms with van der Waals surface area (Å²) in [7, 11) is 1.54. The van der Waals surface area contributed by atoms with Crippen LogP contribution in [0.4, 0.5) is 0 Å². The fourth-order valence-corrected chi connectivity index (χ4v) is 5.44. The summed E-state index contributed by atoms with van der Waals surface area (Å²) < 4.78 is 31.8. The normalized spacial score (nSPS) is 20.9. The minimum atomic E-state index is -0.742. The van der Waals surface area contributed by atoms with E-state index in [4.69, 9.17) is 28.4 Å². The molecule has 12 nitrogen and oxygen atoms in total. The highest BCUT2D eigenvalue weighted by molar-refractivity contribution is 5.94. The molecular weight excluding hydrogens is 600 g/mol. The van der Waals surface area contributed by atoms with E-state index in [0.717, 1.165) is 12.4 Å². The van der Waals surface area contributed by atoms with Crippen molar-refractivity contribution in [1.29, 1.82) is 0 Å². The number of rotatable bonds is 17. The first-order valence-electron chi connectivity index (χ1n) is 15.9. The Hall–Kier alpha value is -4.06. The van der Waals surface area contributed by atoms with Crippen molar-refractivity contribution in [2.45, 2.75) is 70.6 Å². The Labute approximate surface area is 269 Å². The van der Waals surface area contributed by atoms with E-state index in [9.17, 15) is 28.8 Å².